The van der Waals surface area contributed by atoms with Crippen LogP contribution in [0.5, 0.6) is 0 Å². The van der Waals surface area contributed by atoms with Gasteiger partial charge in [0.15, 0.2) is 0 Å². The second kappa shape index (κ2) is 9.68. The highest BCUT2D eigenvalue weighted by Crippen LogP contribution is 2.16. The van der Waals surface area contributed by atoms with Gasteiger partial charge in [-0.3, -0.25) is 4.79 Å². The number of nitrogens with one attached hydrogen (secondary N) is 1. The number of carbonyl (C=O) groups excluding carboxylic acids is 1. The molecule has 0 aliphatic rings. The molecule has 0 aliphatic carbocycles. The van der Waals surface area contributed by atoms with Crippen molar-refractivity contribution in [3.8, 4) is 0 Å². The summed E-state index contributed by atoms with van der Waals surface area (Å²) in [5.74, 6) is -0.105. The molecule has 0 saturated carbocycles. The molecule has 0 unspecified atom stereocenters. The van der Waals surface area contributed by atoms with Crippen molar-refractivity contribution in [2.24, 2.45) is 11.1 Å². The molecular formula is C12H27ClN2O2. The number of halogens is 1. The van der Waals surface area contributed by atoms with Crippen LogP contribution in [0.15, 0.2) is 0 Å². The largest absolute Gasteiger partial charge is 0.380 e. The van der Waals surface area contributed by atoms with Crippen LogP contribution >= 0.6 is 12.4 Å². The summed E-state index contributed by atoms with van der Waals surface area (Å²) < 4.78 is 5.33. The molecule has 17 heavy (non-hydrogen) atoms. The van der Waals surface area contributed by atoms with Crippen molar-refractivity contribution in [2.45, 2.75) is 46.6 Å². The number of hydrogen-bond acceptors (Lipinski definition) is 3. The lowest BCUT2D eigenvalue weighted by atomic mass is 9.87. The van der Waals surface area contributed by atoms with E-state index in [1.54, 1.807) is 0 Å². The molecule has 0 radical (unpaired) electrons. The summed E-state index contributed by atoms with van der Waals surface area (Å²) in [5, 5.41) is 2.78. The van der Waals surface area contributed by atoms with Crippen molar-refractivity contribution in [1.29, 1.82) is 0 Å². The van der Waals surface area contributed by atoms with Gasteiger partial charge in [0.2, 0.25) is 5.91 Å². The van der Waals surface area contributed by atoms with Gasteiger partial charge in [-0.15, -0.1) is 12.4 Å². The monoisotopic (exact) mass is 266 g/mol. The fourth-order valence-corrected chi connectivity index (χ4v) is 1.10. The fourth-order valence-electron chi connectivity index (χ4n) is 1.10. The first-order valence-electron chi connectivity index (χ1n) is 6.00. The van der Waals surface area contributed by atoms with Crippen LogP contribution in [0.1, 0.15) is 40.5 Å². The minimum atomic E-state index is -0.469. The maximum absolute atomic E-state index is 11.6. The van der Waals surface area contributed by atoms with E-state index in [1.807, 2.05) is 20.8 Å². The second-order valence-corrected chi connectivity index (χ2v) is 5.10. The number of rotatable bonds is 7. The zero-order valence-electron chi connectivity index (χ0n) is 11.4. The van der Waals surface area contributed by atoms with E-state index in [-0.39, 0.29) is 23.7 Å². The summed E-state index contributed by atoms with van der Waals surface area (Å²) in [6.45, 7) is 9.83. The van der Waals surface area contributed by atoms with E-state index in [1.165, 1.54) is 0 Å². The molecule has 0 aliphatic heterocycles. The van der Waals surface area contributed by atoms with Gasteiger partial charge in [-0.25, -0.2) is 0 Å². The molecule has 1 atom stereocenters. The second-order valence-electron chi connectivity index (χ2n) is 5.10. The summed E-state index contributed by atoms with van der Waals surface area (Å²) in [5.41, 5.74) is 5.60. The lowest BCUT2D eigenvalue weighted by molar-refractivity contribution is -0.124. The van der Waals surface area contributed by atoms with Crippen molar-refractivity contribution in [3.05, 3.63) is 0 Å². The normalized spacial score (nSPS) is 12.8. The van der Waals surface area contributed by atoms with E-state index in [0.29, 0.717) is 13.2 Å². The molecular weight excluding hydrogens is 240 g/mol. The van der Waals surface area contributed by atoms with Crippen molar-refractivity contribution in [2.75, 3.05) is 19.8 Å². The molecule has 0 aromatic rings. The van der Waals surface area contributed by atoms with E-state index in [2.05, 4.69) is 12.2 Å². The Hall–Kier alpha value is -0.320. The van der Waals surface area contributed by atoms with E-state index in [9.17, 15) is 4.79 Å². The van der Waals surface area contributed by atoms with Crippen molar-refractivity contribution >= 4 is 18.3 Å². The van der Waals surface area contributed by atoms with Crippen LogP contribution in [-0.2, 0) is 9.53 Å². The third-order valence-electron chi connectivity index (χ3n) is 2.40. The maximum atomic E-state index is 11.6. The van der Waals surface area contributed by atoms with Gasteiger partial charge in [0.25, 0.3) is 0 Å². The molecule has 5 heteroatoms. The van der Waals surface area contributed by atoms with Gasteiger partial charge in [0.05, 0.1) is 12.6 Å². The zero-order valence-corrected chi connectivity index (χ0v) is 12.2. The summed E-state index contributed by atoms with van der Waals surface area (Å²) >= 11 is 0. The van der Waals surface area contributed by atoms with Gasteiger partial charge in [0, 0.05) is 13.2 Å². The molecule has 0 bridgehead atoms. The maximum Gasteiger partial charge on any atom is 0.237 e. The van der Waals surface area contributed by atoms with Crippen LogP contribution in [0.4, 0.5) is 0 Å². The Balaban J connectivity index is 0. The highest BCUT2D eigenvalue weighted by molar-refractivity contribution is 5.85. The fraction of sp³-hybridized carbons (Fsp3) is 0.917. The molecule has 1 amide bonds. The molecule has 4 nitrogen and oxygen atoms in total. The van der Waals surface area contributed by atoms with Crippen LogP contribution in [0.2, 0.25) is 0 Å². The number of hydrogen-bond donors (Lipinski definition) is 2. The highest BCUT2D eigenvalue weighted by atomic mass is 35.5. The smallest absolute Gasteiger partial charge is 0.237 e. The molecule has 0 fully saturated rings. The Labute approximate surface area is 111 Å². The zero-order chi connectivity index (χ0) is 12.6. The standard InChI is InChI=1S/C12H26N2O2.ClH/c1-5-6-8-16-9-7-14-11(15)10(13)12(2,3)4;/h10H,5-9,13H2,1-4H3,(H,14,15);1H/t10-;/m1./s1. The van der Waals surface area contributed by atoms with Crippen LogP contribution < -0.4 is 11.1 Å². The molecule has 104 valence electrons. The van der Waals surface area contributed by atoms with Crippen molar-refractivity contribution in [1.82, 2.24) is 5.32 Å². The number of amides is 1. The first kappa shape index (κ1) is 19.0. The quantitative estimate of drug-likeness (QED) is 0.690. The van der Waals surface area contributed by atoms with Crippen LogP contribution in [0.3, 0.4) is 0 Å². The predicted molar refractivity (Wildman–Crippen MR) is 73.4 cm³/mol. The summed E-state index contributed by atoms with van der Waals surface area (Å²) in [6.07, 6.45) is 2.19. The minimum Gasteiger partial charge on any atom is -0.380 e. The van der Waals surface area contributed by atoms with E-state index in [4.69, 9.17) is 10.5 Å². The van der Waals surface area contributed by atoms with Gasteiger partial charge in [-0.05, 0) is 11.8 Å². The van der Waals surface area contributed by atoms with Gasteiger partial charge in [-0.1, -0.05) is 34.1 Å². The third-order valence-corrected chi connectivity index (χ3v) is 2.40. The van der Waals surface area contributed by atoms with Gasteiger partial charge in [0.1, 0.15) is 0 Å². The van der Waals surface area contributed by atoms with Gasteiger partial charge >= 0.3 is 0 Å². The van der Waals surface area contributed by atoms with Crippen molar-refractivity contribution < 1.29 is 9.53 Å². The Morgan fingerprint density at radius 2 is 1.94 bits per heavy atom. The lowest BCUT2D eigenvalue weighted by Gasteiger charge is -2.25. The van der Waals surface area contributed by atoms with Crippen molar-refractivity contribution in [3.63, 3.8) is 0 Å². The lowest BCUT2D eigenvalue weighted by Crippen LogP contribution is -2.49. The average Bonchev–Trinajstić information content (AvgIpc) is 2.20. The van der Waals surface area contributed by atoms with Gasteiger partial charge < -0.3 is 15.8 Å². The molecule has 3 N–H and O–H groups in total. The number of carbonyl (C=O) groups is 1. The van der Waals surface area contributed by atoms with Crippen LogP contribution in [0.25, 0.3) is 0 Å². The first-order chi connectivity index (χ1) is 7.39. The highest BCUT2D eigenvalue weighted by Gasteiger charge is 2.26. The third kappa shape index (κ3) is 9.39. The molecule has 0 spiro atoms. The summed E-state index contributed by atoms with van der Waals surface area (Å²) in [4.78, 5) is 11.6. The topological polar surface area (TPSA) is 64.3 Å². The molecule has 0 aromatic heterocycles. The molecule has 0 heterocycles. The Morgan fingerprint density at radius 3 is 2.41 bits per heavy atom. The number of ether oxygens (including phenoxy) is 1. The molecule has 0 rings (SSSR count). The van der Waals surface area contributed by atoms with E-state index < -0.39 is 6.04 Å². The average molecular weight is 267 g/mol. The predicted octanol–water partition coefficient (Wildman–Crippen LogP) is 1.71. The number of nitrogens with two attached hydrogens (primary N) is 1. The van der Waals surface area contributed by atoms with Crippen LogP contribution in [-0.4, -0.2) is 31.7 Å². The van der Waals surface area contributed by atoms with E-state index in [0.717, 1.165) is 19.4 Å². The Morgan fingerprint density at radius 1 is 1.35 bits per heavy atom. The first-order valence-corrected chi connectivity index (χ1v) is 6.00. The Kier molecular flexibility index (Phi) is 10.8. The summed E-state index contributed by atoms with van der Waals surface area (Å²) in [6, 6.07) is -0.469. The number of unbranched alkanes of at least 4 members (excludes halogenated alkanes) is 1. The minimum absolute atomic E-state index is 0. The van der Waals surface area contributed by atoms with Gasteiger partial charge in [-0.2, -0.15) is 0 Å². The molecule has 0 saturated heterocycles. The SMILES string of the molecule is CCCCOCCNC(=O)[C@@H](N)C(C)(C)C.Cl. The summed E-state index contributed by atoms with van der Waals surface area (Å²) in [7, 11) is 0. The van der Waals surface area contributed by atoms with Crippen LogP contribution in [0, 0.1) is 5.41 Å². The Bertz CT molecular complexity index is 205. The van der Waals surface area contributed by atoms with E-state index >= 15 is 0 Å². The molecule has 0 aromatic carbocycles.